The second-order valence-electron chi connectivity index (χ2n) is 8.41. The van der Waals surface area contributed by atoms with Gasteiger partial charge in [0, 0.05) is 6.42 Å². The fourth-order valence-electron chi connectivity index (χ4n) is 3.75. The fraction of sp³-hybridized carbons (Fsp3) is 0.947. The highest BCUT2D eigenvalue weighted by Gasteiger charge is 2.32. The summed E-state index contributed by atoms with van der Waals surface area (Å²) < 4.78 is 14.6. The van der Waals surface area contributed by atoms with Crippen molar-refractivity contribution in [3.05, 3.63) is 0 Å². The van der Waals surface area contributed by atoms with Crippen molar-refractivity contribution < 1.29 is 19.4 Å². The van der Waals surface area contributed by atoms with Crippen LogP contribution in [0.4, 0.5) is 4.39 Å². The van der Waals surface area contributed by atoms with Crippen LogP contribution >= 0.6 is 0 Å². The van der Waals surface area contributed by atoms with Crippen LogP contribution in [0.5, 0.6) is 0 Å². The molecule has 0 aromatic rings. The van der Waals surface area contributed by atoms with Gasteiger partial charge in [-0.1, -0.05) is 76.3 Å². The lowest BCUT2D eigenvalue weighted by Crippen LogP contribution is -2.32. The van der Waals surface area contributed by atoms with Gasteiger partial charge in [-0.25, -0.2) is 4.39 Å². The van der Waals surface area contributed by atoms with Crippen LogP contribution in [0.3, 0.4) is 0 Å². The smallest absolute Gasteiger partial charge is 0.303 e. The third kappa shape index (κ3) is 10.6. The quantitative estimate of drug-likeness (QED) is 0.325. The topological polar surface area (TPSA) is 57.5 Å². The largest absolute Gasteiger partial charge is 0.481 e. The van der Waals surface area contributed by atoms with E-state index < -0.39 is 18.2 Å². The third-order valence-corrected chi connectivity index (χ3v) is 6.33. The number of aliphatic hydroxyl groups is 1. The molecule has 7 heteroatoms. The molecule has 0 bridgehead atoms. The molecule has 0 aromatic carbocycles. The first kappa shape index (κ1) is 25.6. The van der Waals surface area contributed by atoms with Crippen LogP contribution in [0.25, 0.3) is 0 Å². The molecule has 0 spiro atoms. The van der Waals surface area contributed by atoms with Crippen LogP contribution in [0, 0.1) is 5.92 Å². The summed E-state index contributed by atoms with van der Waals surface area (Å²) in [4.78, 5) is 10.5. The average Bonchev–Trinajstić information content (AvgIpc) is 2.62. The number of carbonyl (C=O) groups is 1. The van der Waals surface area contributed by atoms with Gasteiger partial charge in [-0.05, 0) is 18.7 Å². The number of carboxylic acids is 1. The van der Waals surface area contributed by atoms with Gasteiger partial charge in [0.05, 0.1) is 6.10 Å². The maximum atomic E-state index is 14.6. The van der Waals surface area contributed by atoms with Crippen LogP contribution in [0.2, 0.25) is 17.5 Å². The maximum absolute atomic E-state index is 14.6. The van der Waals surface area contributed by atoms with Crippen molar-refractivity contribution in [3.8, 4) is 0 Å². The molecule has 0 saturated carbocycles. The lowest BCUT2D eigenvalue weighted by atomic mass is 9.54. The second-order valence-corrected chi connectivity index (χ2v) is 8.41. The van der Waals surface area contributed by atoms with Gasteiger partial charge in [-0.15, -0.1) is 0 Å². The Bertz CT molecular complexity index is 374. The van der Waals surface area contributed by atoms with E-state index in [0.717, 1.165) is 51.4 Å². The predicted molar refractivity (Wildman–Crippen MR) is 116 cm³/mol. The first-order chi connectivity index (χ1) is 12.2. The first-order valence-electron chi connectivity index (χ1n) is 10.8. The molecule has 0 unspecified atom stereocenters. The summed E-state index contributed by atoms with van der Waals surface area (Å²) in [5.41, 5.74) is 0. The van der Waals surface area contributed by atoms with Crippen LogP contribution in [0.1, 0.15) is 78.1 Å². The van der Waals surface area contributed by atoms with Crippen molar-refractivity contribution in [2.24, 2.45) is 5.92 Å². The Morgan fingerprint density at radius 3 is 2.12 bits per heavy atom. The van der Waals surface area contributed by atoms with E-state index in [-0.39, 0.29) is 18.1 Å². The summed E-state index contributed by atoms with van der Waals surface area (Å²) in [6.45, 7) is 4.27. The van der Waals surface area contributed by atoms with Gasteiger partial charge < -0.3 is 10.2 Å². The minimum absolute atomic E-state index is 0.129. The van der Waals surface area contributed by atoms with Gasteiger partial charge in [0.2, 0.25) is 0 Å². The molecule has 6 atom stereocenters. The second kappa shape index (κ2) is 14.6. The van der Waals surface area contributed by atoms with Crippen LogP contribution < -0.4 is 0 Å². The van der Waals surface area contributed by atoms with Gasteiger partial charge in [-0.2, -0.15) is 0 Å². The Morgan fingerprint density at radius 2 is 1.54 bits per heavy atom. The zero-order chi connectivity index (χ0) is 20.1. The molecule has 0 aromatic heterocycles. The summed E-state index contributed by atoms with van der Waals surface area (Å²) in [6.07, 6.45) is 7.00. The highest BCUT2D eigenvalue weighted by atomic mass is 19.1. The van der Waals surface area contributed by atoms with E-state index in [0.29, 0.717) is 18.2 Å². The molecule has 0 fully saturated rings. The number of hydrogen-bond donors (Lipinski definition) is 2. The Labute approximate surface area is 163 Å². The van der Waals surface area contributed by atoms with E-state index >= 15 is 0 Å². The van der Waals surface area contributed by atoms with E-state index in [1.807, 2.05) is 7.85 Å². The predicted octanol–water partition coefficient (Wildman–Crippen LogP) is 2.59. The lowest BCUT2D eigenvalue weighted by molar-refractivity contribution is -0.137. The third-order valence-electron chi connectivity index (χ3n) is 6.33. The number of carboxylic acid groups (broad SMARTS) is 1. The molecule has 26 heavy (non-hydrogen) atoms. The van der Waals surface area contributed by atoms with E-state index in [2.05, 4.69) is 29.5 Å². The summed E-state index contributed by atoms with van der Waals surface area (Å²) in [5, 5.41) is 18.7. The van der Waals surface area contributed by atoms with Gasteiger partial charge in [0.1, 0.15) is 29.7 Å². The Morgan fingerprint density at radius 1 is 0.962 bits per heavy atom. The summed E-state index contributed by atoms with van der Waals surface area (Å²) >= 11 is 0. The van der Waals surface area contributed by atoms with Crippen LogP contribution in [-0.4, -0.2) is 52.0 Å². The maximum Gasteiger partial charge on any atom is 0.303 e. The molecule has 3 nitrogen and oxygen atoms in total. The SMILES string of the molecule is B[C@@H]([C@H](B)[C@@H](F)[C@H](O)CCCC)[C@@H](C)[C@H](B)CCCCCCCC(=O)O. The zero-order valence-electron chi connectivity index (χ0n) is 17.7. The van der Waals surface area contributed by atoms with Gasteiger partial charge in [-0.3, -0.25) is 4.79 Å². The first-order valence-corrected chi connectivity index (χ1v) is 10.8. The van der Waals surface area contributed by atoms with Gasteiger partial charge in [0.25, 0.3) is 0 Å². The number of halogens is 1. The highest BCUT2D eigenvalue weighted by molar-refractivity contribution is 6.22. The summed E-state index contributed by atoms with van der Waals surface area (Å²) in [6, 6.07) is 0. The summed E-state index contributed by atoms with van der Waals surface area (Å²) in [7, 11) is 6.31. The molecule has 0 aliphatic carbocycles. The van der Waals surface area contributed by atoms with Crippen LogP contribution in [-0.2, 0) is 4.79 Å². The molecule has 0 aliphatic heterocycles. The molecule has 150 valence electrons. The Balaban J connectivity index is 4.12. The van der Waals surface area contributed by atoms with Crippen molar-refractivity contribution in [3.63, 3.8) is 0 Å². The van der Waals surface area contributed by atoms with E-state index in [1.165, 1.54) is 0 Å². The van der Waals surface area contributed by atoms with Crippen LogP contribution in [0.15, 0.2) is 0 Å². The average molecular weight is 368 g/mol. The van der Waals surface area contributed by atoms with Crippen molar-refractivity contribution in [1.29, 1.82) is 0 Å². The molecule has 0 aliphatic rings. The Hall–Kier alpha value is -0.445. The number of rotatable bonds is 16. The van der Waals surface area contributed by atoms with Gasteiger partial charge in [0.15, 0.2) is 0 Å². The molecule has 0 rings (SSSR count). The number of hydrogen-bond acceptors (Lipinski definition) is 2. The van der Waals surface area contributed by atoms with Crippen molar-refractivity contribution >= 4 is 29.5 Å². The minimum atomic E-state index is -1.14. The standard InChI is InChI=1S/C19H40B3FO3/c1-3-4-11-15(24)19(23)18(22)17(21)13(2)14(20)10-8-6-5-7-9-12-16(25)26/h13-15,17-19,24H,3-12,20-22H2,1-2H3,(H,25,26)/t13-,14+,15+,17+,18-,19-/m0/s1. The number of alkyl halides is 1. The fourth-order valence-corrected chi connectivity index (χ4v) is 3.75. The molecule has 0 radical (unpaired) electrons. The highest BCUT2D eigenvalue weighted by Crippen LogP contribution is 2.39. The monoisotopic (exact) mass is 368 g/mol. The van der Waals surface area contributed by atoms with Gasteiger partial charge >= 0.3 is 5.97 Å². The molecular formula is C19H40B3FO3. The van der Waals surface area contributed by atoms with Crippen molar-refractivity contribution in [2.45, 2.75) is 108 Å². The number of aliphatic carboxylic acids is 1. The van der Waals surface area contributed by atoms with E-state index in [1.54, 1.807) is 0 Å². The molecular weight excluding hydrogens is 328 g/mol. The minimum Gasteiger partial charge on any atom is -0.481 e. The number of unbranched alkanes of at least 4 members (excludes halogenated alkanes) is 5. The zero-order valence-corrected chi connectivity index (χ0v) is 17.7. The van der Waals surface area contributed by atoms with Crippen molar-refractivity contribution in [1.82, 2.24) is 0 Å². The molecule has 0 heterocycles. The molecule has 0 saturated heterocycles. The van der Waals surface area contributed by atoms with E-state index in [4.69, 9.17) is 5.11 Å². The molecule has 2 N–H and O–H groups in total. The van der Waals surface area contributed by atoms with E-state index in [9.17, 15) is 14.3 Å². The lowest BCUT2D eigenvalue weighted by Gasteiger charge is -2.34. The molecule has 0 amide bonds. The summed E-state index contributed by atoms with van der Waals surface area (Å²) in [5.74, 6) is 0.365. The Kier molecular flexibility index (Phi) is 14.3. The number of aliphatic hydroxyl groups excluding tert-OH is 1. The normalized spacial score (nSPS) is 18.6. The van der Waals surface area contributed by atoms with Crippen molar-refractivity contribution in [2.75, 3.05) is 0 Å².